The van der Waals surface area contributed by atoms with Gasteiger partial charge in [0.15, 0.2) is 0 Å². The quantitative estimate of drug-likeness (QED) is 0.229. The van der Waals surface area contributed by atoms with E-state index in [1.54, 1.807) is 24.4 Å². The fourth-order valence-corrected chi connectivity index (χ4v) is 4.07. The van der Waals surface area contributed by atoms with E-state index in [-0.39, 0.29) is 5.91 Å². The Balaban J connectivity index is 1.58. The van der Waals surface area contributed by atoms with Crippen molar-refractivity contribution in [1.29, 1.82) is 0 Å². The van der Waals surface area contributed by atoms with Crippen LogP contribution in [0.1, 0.15) is 15.9 Å². The van der Waals surface area contributed by atoms with Crippen molar-refractivity contribution < 1.29 is 9.18 Å². The Labute approximate surface area is 197 Å². The lowest BCUT2D eigenvalue weighted by Gasteiger charge is -2.05. The van der Waals surface area contributed by atoms with Crippen LogP contribution in [0.5, 0.6) is 0 Å². The summed E-state index contributed by atoms with van der Waals surface area (Å²) >= 11 is 13.3. The fraction of sp³-hybridized carbons (Fsp3) is 0. The molecule has 0 saturated carbocycles. The first-order chi connectivity index (χ1) is 15.5. The Hall–Kier alpha value is -3.26. The highest BCUT2D eigenvalue weighted by Gasteiger charge is 2.16. The first kappa shape index (κ1) is 22.0. The lowest BCUT2D eigenvalue weighted by Crippen LogP contribution is -2.11. The molecule has 5 nitrogen and oxygen atoms in total. The smallest absolute Gasteiger partial charge is 0.256 e. The fourth-order valence-electron chi connectivity index (χ4n) is 2.78. The molecule has 0 aliphatic heterocycles. The van der Waals surface area contributed by atoms with Crippen molar-refractivity contribution in [3.63, 3.8) is 0 Å². The molecule has 0 spiro atoms. The van der Waals surface area contributed by atoms with E-state index in [9.17, 15) is 9.18 Å². The van der Waals surface area contributed by atoms with Gasteiger partial charge in [0.25, 0.3) is 5.91 Å². The second kappa shape index (κ2) is 9.91. The molecule has 0 unspecified atom stereocenters. The molecule has 4 aromatic rings. The summed E-state index contributed by atoms with van der Waals surface area (Å²) in [6.45, 7) is 0. The van der Waals surface area contributed by atoms with Gasteiger partial charge in [0.2, 0.25) is 5.13 Å². The molecule has 0 fully saturated rings. The number of nitrogens with one attached hydrogen (secondary N) is 2. The minimum Gasteiger partial charge on any atom is -0.312 e. The third-order valence-corrected chi connectivity index (χ3v) is 5.77. The molecule has 160 valence electrons. The van der Waals surface area contributed by atoms with Crippen LogP contribution in [-0.4, -0.2) is 17.1 Å². The summed E-state index contributed by atoms with van der Waals surface area (Å²) in [5.41, 5.74) is 5.32. The molecule has 0 aliphatic carbocycles. The second-order valence-corrected chi connectivity index (χ2v) is 8.40. The minimum absolute atomic E-state index is 0.337. The standard InChI is InChI=1S/C23H15Cl2FN4OS/c24-17-9-6-16(19(25)12-17)13-27-30-23-28-20(14-4-2-1-3-5-14)22(32-23)29-21(31)15-7-10-18(26)11-8-15/h1-13H,(H,28,30)(H,29,31)/b27-13-. The molecule has 0 saturated heterocycles. The SMILES string of the molecule is O=C(Nc1sc(N/N=C\c2ccc(Cl)cc2Cl)nc1-c1ccccc1)c1ccc(F)cc1. The van der Waals surface area contributed by atoms with Gasteiger partial charge in [0, 0.05) is 21.7 Å². The number of rotatable bonds is 6. The number of nitrogens with zero attached hydrogens (tertiary/aromatic N) is 2. The summed E-state index contributed by atoms with van der Waals surface area (Å²) in [5, 5.41) is 9.06. The maximum absolute atomic E-state index is 13.2. The zero-order valence-corrected chi connectivity index (χ0v) is 18.7. The number of anilines is 2. The third kappa shape index (κ3) is 5.31. The van der Waals surface area contributed by atoms with Gasteiger partial charge < -0.3 is 5.32 Å². The number of thiazole rings is 1. The monoisotopic (exact) mass is 484 g/mol. The van der Waals surface area contributed by atoms with Crippen molar-refractivity contribution in [3.05, 3.63) is 99.8 Å². The first-order valence-corrected chi connectivity index (χ1v) is 10.9. The topological polar surface area (TPSA) is 66.4 Å². The summed E-state index contributed by atoms with van der Waals surface area (Å²) < 4.78 is 13.2. The summed E-state index contributed by atoms with van der Waals surface area (Å²) in [5.74, 6) is -0.775. The number of aromatic nitrogens is 1. The van der Waals surface area contributed by atoms with Crippen LogP contribution in [0.4, 0.5) is 14.5 Å². The largest absolute Gasteiger partial charge is 0.312 e. The highest BCUT2D eigenvalue weighted by Crippen LogP contribution is 2.36. The molecule has 0 atom stereocenters. The number of hydrazone groups is 1. The van der Waals surface area contributed by atoms with Gasteiger partial charge in [0.05, 0.1) is 11.2 Å². The van der Waals surface area contributed by atoms with Crippen LogP contribution >= 0.6 is 34.5 Å². The molecule has 2 N–H and O–H groups in total. The van der Waals surface area contributed by atoms with Crippen LogP contribution in [-0.2, 0) is 0 Å². The van der Waals surface area contributed by atoms with Gasteiger partial charge in [-0.25, -0.2) is 9.37 Å². The summed E-state index contributed by atoms with van der Waals surface area (Å²) in [4.78, 5) is 17.2. The minimum atomic E-state index is -0.408. The highest BCUT2D eigenvalue weighted by molar-refractivity contribution is 7.20. The van der Waals surface area contributed by atoms with E-state index in [0.717, 1.165) is 5.56 Å². The van der Waals surface area contributed by atoms with E-state index in [1.165, 1.54) is 35.6 Å². The molecule has 1 amide bonds. The molecule has 1 aromatic heterocycles. The number of hydrogen-bond acceptors (Lipinski definition) is 5. The van der Waals surface area contributed by atoms with Crippen LogP contribution in [0.15, 0.2) is 77.9 Å². The van der Waals surface area contributed by atoms with Crippen molar-refractivity contribution in [2.75, 3.05) is 10.7 Å². The van der Waals surface area contributed by atoms with Gasteiger partial charge in [-0.15, -0.1) is 0 Å². The predicted molar refractivity (Wildman–Crippen MR) is 130 cm³/mol. The average molecular weight is 485 g/mol. The first-order valence-electron chi connectivity index (χ1n) is 9.37. The normalized spacial score (nSPS) is 11.0. The van der Waals surface area contributed by atoms with Gasteiger partial charge in [-0.05, 0) is 36.4 Å². The lowest BCUT2D eigenvalue weighted by atomic mass is 10.1. The third-order valence-electron chi connectivity index (χ3n) is 4.33. The van der Waals surface area contributed by atoms with Crippen molar-refractivity contribution in [2.45, 2.75) is 0 Å². The van der Waals surface area contributed by atoms with Gasteiger partial charge in [-0.3, -0.25) is 10.2 Å². The summed E-state index contributed by atoms with van der Waals surface area (Å²) in [6.07, 6.45) is 1.55. The molecule has 0 radical (unpaired) electrons. The molecule has 9 heteroatoms. The maximum Gasteiger partial charge on any atom is 0.256 e. The number of hydrogen-bond donors (Lipinski definition) is 2. The maximum atomic E-state index is 13.2. The van der Waals surface area contributed by atoms with Gasteiger partial charge in [-0.1, -0.05) is 70.9 Å². The van der Waals surface area contributed by atoms with Crippen molar-refractivity contribution in [3.8, 4) is 11.3 Å². The zero-order chi connectivity index (χ0) is 22.5. The number of benzene rings is 3. The zero-order valence-electron chi connectivity index (χ0n) is 16.4. The predicted octanol–water partition coefficient (Wildman–Crippen LogP) is 6.95. The number of carbonyl (C=O) groups excluding carboxylic acids is 1. The number of carbonyl (C=O) groups is 1. The van der Waals surface area contributed by atoms with Crippen molar-refractivity contribution in [2.24, 2.45) is 5.10 Å². The van der Waals surface area contributed by atoms with Crippen LogP contribution in [0.3, 0.4) is 0 Å². The number of amides is 1. The molecular weight excluding hydrogens is 470 g/mol. The van der Waals surface area contributed by atoms with E-state index in [0.29, 0.717) is 37.0 Å². The van der Waals surface area contributed by atoms with Gasteiger partial charge in [-0.2, -0.15) is 5.10 Å². The number of halogens is 3. The Bertz CT molecular complexity index is 1280. The molecule has 4 rings (SSSR count). The van der Waals surface area contributed by atoms with E-state index in [1.807, 2.05) is 30.3 Å². The van der Waals surface area contributed by atoms with Crippen LogP contribution in [0.2, 0.25) is 10.0 Å². The Kier molecular flexibility index (Phi) is 6.80. The second-order valence-electron chi connectivity index (χ2n) is 6.56. The molecular formula is C23H15Cl2FN4OS. The van der Waals surface area contributed by atoms with E-state index in [2.05, 4.69) is 20.8 Å². The Morgan fingerprint density at radius 3 is 2.50 bits per heavy atom. The van der Waals surface area contributed by atoms with E-state index >= 15 is 0 Å². The van der Waals surface area contributed by atoms with Gasteiger partial charge in [0.1, 0.15) is 16.5 Å². The Morgan fingerprint density at radius 2 is 1.78 bits per heavy atom. The summed E-state index contributed by atoms with van der Waals surface area (Å²) in [7, 11) is 0. The van der Waals surface area contributed by atoms with Crippen molar-refractivity contribution in [1.82, 2.24) is 4.98 Å². The average Bonchev–Trinajstić information content (AvgIpc) is 3.18. The van der Waals surface area contributed by atoms with E-state index < -0.39 is 5.82 Å². The molecule has 0 bridgehead atoms. The lowest BCUT2D eigenvalue weighted by molar-refractivity contribution is 0.102. The highest BCUT2D eigenvalue weighted by atomic mass is 35.5. The van der Waals surface area contributed by atoms with Crippen LogP contribution < -0.4 is 10.7 Å². The van der Waals surface area contributed by atoms with Crippen molar-refractivity contribution >= 4 is 56.8 Å². The van der Waals surface area contributed by atoms with Crippen LogP contribution in [0.25, 0.3) is 11.3 Å². The molecule has 32 heavy (non-hydrogen) atoms. The molecule has 3 aromatic carbocycles. The van der Waals surface area contributed by atoms with E-state index in [4.69, 9.17) is 23.2 Å². The summed E-state index contributed by atoms with van der Waals surface area (Å²) in [6, 6.07) is 19.9. The molecule has 0 aliphatic rings. The van der Waals surface area contributed by atoms with Gasteiger partial charge >= 0.3 is 0 Å². The Morgan fingerprint density at radius 1 is 1.03 bits per heavy atom. The van der Waals surface area contributed by atoms with Crippen LogP contribution in [0, 0.1) is 5.82 Å². The molecule has 1 heterocycles.